The minimum Gasteiger partial charge on any atom is -0.459 e. The number of para-hydroxylation sites is 1. The first-order valence-electron chi connectivity index (χ1n) is 7.84. The van der Waals surface area contributed by atoms with Crippen LogP contribution in [0.15, 0.2) is 45.1 Å². The van der Waals surface area contributed by atoms with Crippen LogP contribution in [0.25, 0.3) is 11.0 Å². The Bertz CT molecular complexity index is 889. The van der Waals surface area contributed by atoms with Crippen LogP contribution in [-0.2, 0) is 12.7 Å². The summed E-state index contributed by atoms with van der Waals surface area (Å²) < 4.78 is 43.6. The van der Waals surface area contributed by atoms with Crippen LogP contribution in [0.4, 0.5) is 13.2 Å². The van der Waals surface area contributed by atoms with E-state index in [-0.39, 0.29) is 36.6 Å². The molecule has 1 aromatic carbocycles. The van der Waals surface area contributed by atoms with Gasteiger partial charge in [0.1, 0.15) is 16.4 Å². The molecule has 5 nitrogen and oxygen atoms in total. The minimum atomic E-state index is -4.43. The van der Waals surface area contributed by atoms with Crippen LogP contribution >= 0.6 is 35.3 Å². The summed E-state index contributed by atoms with van der Waals surface area (Å²) in [4.78, 5) is 7.67. The second-order valence-electron chi connectivity index (χ2n) is 5.60. The molecule has 0 saturated carbocycles. The number of nitrogens with one attached hydrogen (secondary N) is 2. The van der Waals surface area contributed by atoms with Gasteiger partial charge in [0.15, 0.2) is 11.7 Å². The summed E-state index contributed by atoms with van der Waals surface area (Å²) in [6.07, 6.45) is -4.43. The highest BCUT2D eigenvalue weighted by atomic mass is 127. The molecule has 2 heterocycles. The highest BCUT2D eigenvalue weighted by Gasteiger charge is 2.33. The molecule has 0 saturated heterocycles. The van der Waals surface area contributed by atoms with Crippen LogP contribution in [0.2, 0.25) is 0 Å². The van der Waals surface area contributed by atoms with E-state index in [4.69, 9.17) is 4.42 Å². The predicted molar refractivity (Wildman–Crippen MR) is 110 cm³/mol. The molecule has 0 spiro atoms. The Balaban J connectivity index is 0.00000261. The van der Waals surface area contributed by atoms with E-state index in [9.17, 15) is 13.2 Å². The molecule has 0 fully saturated rings. The molecule has 27 heavy (non-hydrogen) atoms. The van der Waals surface area contributed by atoms with Gasteiger partial charge in [0.05, 0.1) is 12.6 Å². The molecule has 0 bridgehead atoms. The summed E-state index contributed by atoms with van der Waals surface area (Å²) in [5, 5.41) is 8.45. The summed E-state index contributed by atoms with van der Waals surface area (Å²) in [6.45, 7) is 2.06. The number of nitrogens with zero attached hydrogens (tertiary/aromatic N) is 2. The van der Waals surface area contributed by atoms with Crippen LogP contribution in [0.5, 0.6) is 0 Å². The fourth-order valence-corrected chi connectivity index (χ4v) is 3.11. The molecule has 146 valence electrons. The zero-order chi connectivity index (χ0) is 18.7. The number of halogens is 4. The maximum absolute atomic E-state index is 12.6. The van der Waals surface area contributed by atoms with Crippen molar-refractivity contribution in [3.8, 4) is 0 Å². The Labute approximate surface area is 175 Å². The SMILES string of the molecule is CN=C(NCc1nc(C(F)(F)F)cs1)NC(C)c1cc2ccccc2o1.I. The Morgan fingerprint density at radius 2 is 2.07 bits per heavy atom. The van der Waals surface area contributed by atoms with Gasteiger partial charge in [-0.15, -0.1) is 35.3 Å². The van der Waals surface area contributed by atoms with Gasteiger partial charge in [0, 0.05) is 17.8 Å². The maximum Gasteiger partial charge on any atom is 0.434 e. The van der Waals surface area contributed by atoms with Crippen molar-refractivity contribution in [3.63, 3.8) is 0 Å². The summed E-state index contributed by atoms with van der Waals surface area (Å²) in [6, 6.07) is 9.45. The van der Waals surface area contributed by atoms with Gasteiger partial charge in [-0.25, -0.2) is 4.98 Å². The van der Waals surface area contributed by atoms with Gasteiger partial charge in [-0.2, -0.15) is 13.2 Å². The van der Waals surface area contributed by atoms with E-state index in [1.807, 2.05) is 37.3 Å². The number of fused-ring (bicyclic) bond motifs is 1. The van der Waals surface area contributed by atoms with Crippen molar-refractivity contribution in [2.24, 2.45) is 4.99 Å². The number of furan rings is 1. The van der Waals surface area contributed by atoms with Crippen molar-refractivity contribution >= 4 is 52.2 Å². The van der Waals surface area contributed by atoms with E-state index in [1.165, 1.54) is 0 Å². The standard InChI is InChI=1S/C17H17F3N4OS.HI/c1-10(13-7-11-5-3-4-6-12(11)25-13)23-16(21-2)22-8-15-24-14(9-26-15)17(18,19)20;/h3-7,9-10H,8H2,1-2H3,(H2,21,22,23);1H. The van der Waals surface area contributed by atoms with Gasteiger partial charge in [-0.3, -0.25) is 4.99 Å². The molecular weight excluding hydrogens is 492 g/mol. The Hall–Kier alpha value is -1.82. The van der Waals surface area contributed by atoms with Crippen molar-refractivity contribution in [2.45, 2.75) is 25.7 Å². The summed E-state index contributed by atoms with van der Waals surface area (Å²) in [5.74, 6) is 1.18. The number of guanidine groups is 1. The highest BCUT2D eigenvalue weighted by Crippen LogP contribution is 2.30. The van der Waals surface area contributed by atoms with E-state index >= 15 is 0 Å². The van der Waals surface area contributed by atoms with E-state index in [1.54, 1.807) is 7.05 Å². The van der Waals surface area contributed by atoms with Crippen molar-refractivity contribution < 1.29 is 17.6 Å². The lowest BCUT2D eigenvalue weighted by Crippen LogP contribution is -2.38. The molecule has 0 aliphatic carbocycles. The Morgan fingerprint density at radius 1 is 1.33 bits per heavy atom. The normalized spacial score (nSPS) is 13.3. The lowest BCUT2D eigenvalue weighted by Gasteiger charge is -2.15. The van der Waals surface area contributed by atoms with Crippen LogP contribution in [0, 0.1) is 0 Å². The molecule has 2 N–H and O–H groups in total. The summed E-state index contributed by atoms with van der Waals surface area (Å²) in [7, 11) is 1.59. The Morgan fingerprint density at radius 3 is 2.70 bits per heavy atom. The summed E-state index contributed by atoms with van der Waals surface area (Å²) >= 11 is 0.952. The van der Waals surface area contributed by atoms with Crippen LogP contribution in [0.3, 0.4) is 0 Å². The Kier molecular flexibility index (Phi) is 7.09. The van der Waals surface area contributed by atoms with E-state index in [2.05, 4.69) is 20.6 Å². The number of rotatable bonds is 4. The molecule has 3 rings (SSSR count). The maximum atomic E-state index is 12.6. The molecule has 0 aliphatic heterocycles. The van der Waals surface area contributed by atoms with Gasteiger partial charge < -0.3 is 15.1 Å². The number of benzene rings is 1. The molecule has 2 aromatic heterocycles. The number of aliphatic imine (C=N–C) groups is 1. The van der Waals surface area contributed by atoms with Gasteiger partial charge in [0.25, 0.3) is 0 Å². The zero-order valence-corrected chi connectivity index (χ0v) is 17.6. The van der Waals surface area contributed by atoms with Gasteiger partial charge in [-0.05, 0) is 19.1 Å². The largest absolute Gasteiger partial charge is 0.459 e. The third-order valence-corrected chi connectivity index (χ3v) is 4.55. The van der Waals surface area contributed by atoms with E-state index < -0.39 is 11.9 Å². The van der Waals surface area contributed by atoms with Crippen molar-refractivity contribution in [1.82, 2.24) is 15.6 Å². The average molecular weight is 510 g/mol. The van der Waals surface area contributed by atoms with Gasteiger partial charge in [0.2, 0.25) is 0 Å². The summed E-state index contributed by atoms with van der Waals surface area (Å²) in [5.41, 5.74) is -0.0838. The van der Waals surface area contributed by atoms with Crippen LogP contribution in [0.1, 0.15) is 29.4 Å². The highest BCUT2D eigenvalue weighted by molar-refractivity contribution is 14.0. The molecule has 3 aromatic rings. The fraction of sp³-hybridized carbons (Fsp3) is 0.294. The molecule has 0 amide bonds. The lowest BCUT2D eigenvalue weighted by atomic mass is 10.2. The quantitative estimate of drug-likeness (QED) is 0.296. The minimum absolute atomic E-state index is 0. The molecule has 0 radical (unpaired) electrons. The second kappa shape index (κ2) is 8.91. The van der Waals surface area contributed by atoms with E-state index in [0.29, 0.717) is 11.0 Å². The zero-order valence-electron chi connectivity index (χ0n) is 14.5. The topological polar surface area (TPSA) is 62.5 Å². The fourth-order valence-electron chi connectivity index (χ4n) is 2.37. The number of aromatic nitrogens is 1. The molecule has 10 heteroatoms. The molecule has 1 unspecified atom stereocenters. The molecule has 1 atom stereocenters. The van der Waals surface area contributed by atoms with Crippen molar-refractivity contribution in [3.05, 3.63) is 52.2 Å². The first-order chi connectivity index (χ1) is 12.4. The van der Waals surface area contributed by atoms with Gasteiger partial charge in [-0.1, -0.05) is 18.2 Å². The van der Waals surface area contributed by atoms with Crippen LogP contribution in [-0.4, -0.2) is 18.0 Å². The van der Waals surface area contributed by atoms with E-state index in [0.717, 1.165) is 33.4 Å². The predicted octanol–water partition coefficient (Wildman–Crippen LogP) is 4.95. The molecular formula is C17H18F3IN4OS. The molecule has 0 aliphatic rings. The monoisotopic (exact) mass is 510 g/mol. The first kappa shape index (κ1) is 21.5. The van der Waals surface area contributed by atoms with Gasteiger partial charge >= 0.3 is 6.18 Å². The third kappa shape index (κ3) is 5.34. The van der Waals surface area contributed by atoms with Crippen molar-refractivity contribution in [1.29, 1.82) is 0 Å². The number of hydrogen-bond donors (Lipinski definition) is 2. The van der Waals surface area contributed by atoms with Crippen molar-refractivity contribution in [2.75, 3.05) is 7.05 Å². The number of thiazole rings is 1. The number of hydrogen-bond acceptors (Lipinski definition) is 4. The first-order valence-corrected chi connectivity index (χ1v) is 8.72. The third-order valence-electron chi connectivity index (χ3n) is 3.70. The lowest BCUT2D eigenvalue weighted by molar-refractivity contribution is -0.140. The number of alkyl halides is 3. The smallest absolute Gasteiger partial charge is 0.434 e. The average Bonchev–Trinajstić information content (AvgIpc) is 3.24. The van der Waals surface area contributed by atoms with Crippen LogP contribution < -0.4 is 10.6 Å². The second-order valence-corrected chi connectivity index (χ2v) is 6.55.